The number of nitrogens with zero attached hydrogens (tertiary/aromatic N) is 2. The zero-order chi connectivity index (χ0) is 12.8. The van der Waals surface area contributed by atoms with Crippen molar-refractivity contribution in [2.75, 3.05) is 13.1 Å². The van der Waals surface area contributed by atoms with E-state index in [1.54, 1.807) is 4.68 Å². The van der Waals surface area contributed by atoms with Crippen LogP contribution in [0.4, 0.5) is 0 Å². The molecular weight excluding hydrogens is 246 g/mol. The lowest BCUT2D eigenvalue weighted by atomic mass is 9.66. The maximum absolute atomic E-state index is 6.39. The standard InChI is InChI=1S/C14H22ClN3/c1-10-12(13(15)18(2)17-10)7-14(8-16-9-14)11-5-3-4-6-11/h11,16H,3-9H2,1-2H3. The zero-order valence-electron chi connectivity index (χ0n) is 11.3. The Hall–Kier alpha value is -0.540. The molecule has 3 nitrogen and oxygen atoms in total. The first-order valence-corrected chi connectivity index (χ1v) is 7.39. The fourth-order valence-electron chi connectivity index (χ4n) is 3.77. The summed E-state index contributed by atoms with van der Waals surface area (Å²) in [6.45, 7) is 4.39. The number of nitrogens with one attached hydrogen (secondary N) is 1. The fourth-order valence-corrected chi connectivity index (χ4v) is 4.01. The average Bonchev–Trinajstić information content (AvgIpc) is 2.87. The van der Waals surface area contributed by atoms with Crippen molar-refractivity contribution in [2.24, 2.45) is 18.4 Å². The van der Waals surface area contributed by atoms with Crippen molar-refractivity contribution < 1.29 is 0 Å². The van der Waals surface area contributed by atoms with Crippen molar-refractivity contribution in [1.29, 1.82) is 0 Å². The Labute approximate surface area is 114 Å². The fraction of sp³-hybridized carbons (Fsp3) is 0.786. The molecule has 0 aromatic carbocycles. The van der Waals surface area contributed by atoms with Crippen LogP contribution in [0.3, 0.4) is 0 Å². The summed E-state index contributed by atoms with van der Waals surface area (Å²) < 4.78 is 1.81. The molecule has 2 fully saturated rings. The van der Waals surface area contributed by atoms with Crippen molar-refractivity contribution >= 4 is 11.6 Å². The monoisotopic (exact) mass is 267 g/mol. The van der Waals surface area contributed by atoms with Gasteiger partial charge in [0.15, 0.2) is 0 Å². The molecule has 2 heterocycles. The minimum Gasteiger partial charge on any atom is -0.315 e. The molecule has 0 atom stereocenters. The van der Waals surface area contributed by atoms with E-state index in [0.717, 1.165) is 36.3 Å². The first-order valence-electron chi connectivity index (χ1n) is 7.01. The number of aromatic nitrogens is 2. The van der Waals surface area contributed by atoms with Crippen LogP contribution in [0.15, 0.2) is 0 Å². The highest BCUT2D eigenvalue weighted by Gasteiger charge is 2.45. The predicted octanol–water partition coefficient (Wildman–Crippen LogP) is 2.70. The SMILES string of the molecule is Cc1nn(C)c(Cl)c1CC1(C2CCCC2)CNC1. The number of rotatable bonds is 3. The Bertz CT molecular complexity index is 442. The molecule has 3 rings (SSSR count). The van der Waals surface area contributed by atoms with Crippen LogP contribution in [0.5, 0.6) is 0 Å². The molecule has 0 radical (unpaired) electrons. The second-order valence-electron chi connectivity index (χ2n) is 6.10. The van der Waals surface area contributed by atoms with Gasteiger partial charge in [0.25, 0.3) is 0 Å². The van der Waals surface area contributed by atoms with Gasteiger partial charge in [0.2, 0.25) is 0 Å². The van der Waals surface area contributed by atoms with Crippen LogP contribution >= 0.6 is 11.6 Å². The third-order valence-electron chi connectivity index (χ3n) is 4.97. The van der Waals surface area contributed by atoms with Gasteiger partial charge in [-0.2, -0.15) is 5.10 Å². The van der Waals surface area contributed by atoms with Gasteiger partial charge >= 0.3 is 0 Å². The Morgan fingerprint density at radius 3 is 2.50 bits per heavy atom. The second-order valence-corrected chi connectivity index (χ2v) is 6.46. The summed E-state index contributed by atoms with van der Waals surface area (Å²) in [5.74, 6) is 0.884. The number of hydrogen-bond acceptors (Lipinski definition) is 2. The second kappa shape index (κ2) is 4.53. The third kappa shape index (κ3) is 1.88. The highest BCUT2D eigenvalue weighted by molar-refractivity contribution is 6.30. The number of halogens is 1. The van der Waals surface area contributed by atoms with Crippen LogP contribution in [0, 0.1) is 18.3 Å². The molecule has 4 heteroatoms. The highest BCUT2D eigenvalue weighted by atomic mass is 35.5. The zero-order valence-corrected chi connectivity index (χ0v) is 12.1. The minimum atomic E-state index is 0.452. The molecule has 1 N–H and O–H groups in total. The molecule has 2 aliphatic rings. The first-order chi connectivity index (χ1) is 8.62. The molecule has 1 saturated heterocycles. The van der Waals surface area contributed by atoms with Crippen molar-refractivity contribution in [3.8, 4) is 0 Å². The molecule has 0 unspecified atom stereocenters. The predicted molar refractivity (Wildman–Crippen MR) is 73.9 cm³/mol. The normalized spacial score (nSPS) is 23.3. The van der Waals surface area contributed by atoms with Gasteiger partial charge in [-0.3, -0.25) is 4.68 Å². The molecule has 1 aromatic rings. The lowest BCUT2D eigenvalue weighted by molar-refractivity contribution is 0.0810. The molecule has 100 valence electrons. The maximum atomic E-state index is 6.39. The molecule has 0 amide bonds. The van der Waals surface area contributed by atoms with Gasteiger partial charge in [0.05, 0.1) is 5.69 Å². The summed E-state index contributed by atoms with van der Waals surface area (Å²) in [6, 6.07) is 0. The van der Waals surface area contributed by atoms with Crippen LogP contribution in [0.25, 0.3) is 0 Å². The molecule has 0 spiro atoms. The Balaban J connectivity index is 1.85. The summed E-state index contributed by atoms with van der Waals surface area (Å²) in [5, 5.41) is 8.75. The smallest absolute Gasteiger partial charge is 0.130 e. The van der Waals surface area contributed by atoms with E-state index in [9.17, 15) is 0 Å². The molecule has 1 aliphatic carbocycles. The highest BCUT2D eigenvalue weighted by Crippen LogP contribution is 2.45. The average molecular weight is 268 g/mol. The van der Waals surface area contributed by atoms with E-state index < -0.39 is 0 Å². The molecule has 1 aromatic heterocycles. The Morgan fingerprint density at radius 2 is 2.06 bits per heavy atom. The van der Waals surface area contributed by atoms with Crippen LogP contribution in [-0.4, -0.2) is 22.9 Å². The number of aryl methyl sites for hydroxylation is 2. The van der Waals surface area contributed by atoms with Crippen LogP contribution < -0.4 is 5.32 Å². The van der Waals surface area contributed by atoms with Gasteiger partial charge < -0.3 is 5.32 Å². The van der Waals surface area contributed by atoms with E-state index in [2.05, 4.69) is 17.3 Å². The lowest BCUT2D eigenvalue weighted by Gasteiger charge is -2.47. The molecule has 18 heavy (non-hydrogen) atoms. The molecule has 1 saturated carbocycles. The van der Waals surface area contributed by atoms with E-state index in [0.29, 0.717) is 5.41 Å². The minimum absolute atomic E-state index is 0.452. The summed E-state index contributed by atoms with van der Waals surface area (Å²) >= 11 is 6.39. The van der Waals surface area contributed by atoms with Gasteiger partial charge in [-0.25, -0.2) is 0 Å². The van der Waals surface area contributed by atoms with Crippen LogP contribution in [-0.2, 0) is 13.5 Å². The van der Waals surface area contributed by atoms with Crippen molar-refractivity contribution in [3.63, 3.8) is 0 Å². The largest absolute Gasteiger partial charge is 0.315 e. The van der Waals surface area contributed by atoms with Gasteiger partial charge in [-0.05, 0) is 32.1 Å². The van der Waals surface area contributed by atoms with Crippen molar-refractivity contribution in [1.82, 2.24) is 15.1 Å². The van der Waals surface area contributed by atoms with Crippen LogP contribution in [0.2, 0.25) is 5.15 Å². The lowest BCUT2D eigenvalue weighted by Crippen LogP contribution is -2.58. The number of hydrogen-bond donors (Lipinski definition) is 1. The summed E-state index contributed by atoms with van der Waals surface area (Å²) in [5.41, 5.74) is 2.83. The first kappa shape index (κ1) is 12.5. The van der Waals surface area contributed by atoms with E-state index in [1.165, 1.54) is 31.2 Å². The van der Waals surface area contributed by atoms with E-state index in [1.807, 2.05) is 7.05 Å². The van der Waals surface area contributed by atoms with Gasteiger partial charge in [-0.15, -0.1) is 0 Å². The molecule has 1 aliphatic heterocycles. The van der Waals surface area contributed by atoms with E-state index in [-0.39, 0.29) is 0 Å². The van der Waals surface area contributed by atoms with E-state index >= 15 is 0 Å². The van der Waals surface area contributed by atoms with Gasteiger partial charge in [0.1, 0.15) is 5.15 Å². The Morgan fingerprint density at radius 1 is 1.39 bits per heavy atom. The molecular formula is C14H22ClN3. The summed E-state index contributed by atoms with van der Waals surface area (Å²) in [6.07, 6.45) is 6.72. The van der Waals surface area contributed by atoms with E-state index in [4.69, 9.17) is 11.6 Å². The molecule has 0 bridgehead atoms. The van der Waals surface area contributed by atoms with Gasteiger partial charge in [-0.1, -0.05) is 24.4 Å². The topological polar surface area (TPSA) is 29.9 Å². The maximum Gasteiger partial charge on any atom is 0.130 e. The Kier molecular flexibility index (Phi) is 3.15. The van der Waals surface area contributed by atoms with Crippen molar-refractivity contribution in [3.05, 3.63) is 16.4 Å². The summed E-state index contributed by atoms with van der Waals surface area (Å²) in [7, 11) is 1.93. The van der Waals surface area contributed by atoms with Gasteiger partial charge in [0, 0.05) is 31.1 Å². The summed E-state index contributed by atoms with van der Waals surface area (Å²) in [4.78, 5) is 0. The van der Waals surface area contributed by atoms with Crippen LogP contribution in [0.1, 0.15) is 36.9 Å². The van der Waals surface area contributed by atoms with Crippen molar-refractivity contribution in [2.45, 2.75) is 39.0 Å². The quantitative estimate of drug-likeness (QED) is 0.913. The third-order valence-corrected chi connectivity index (χ3v) is 5.45.